The summed E-state index contributed by atoms with van der Waals surface area (Å²) in [5, 5.41) is 0. The number of hydrogen-bond donors (Lipinski definition) is 0. The second-order valence-corrected chi connectivity index (χ2v) is 7.51. The number of rotatable bonds is 5. The highest BCUT2D eigenvalue weighted by atomic mass is 32.2. The van der Waals surface area contributed by atoms with Crippen LogP contribution in [0.4, 0.5) is 4.39 Å². The third kappa shape index (κ3) is 3.56. The molecule has 0 aliphatic rings. The zero-order valence-corrected chi connectivity index (χ0v) is 14.6. The summed E-state index contributed by atoms with van der Waals surface area (Å²) >= 11 is 0. The van der Waals surface area contributed by atoms with E-state index in [2.05, 4.69) is 4.98 Å². The van der Waals surface area contributed by atoms with Gasteiger partial charge >= 0.3 is 0 Å². The number of hydrogen-bond acceptors (Lipinski definition) is 4. The van der Waals surface area contributed by atoms with Gasteiger partial charge in [0, 0.05) is 17.5 Å². The minimum absolute atomic E-state index is 0.204. The van der Waals surface area contributed by atoms with E-state index in [0.29, 0.717) is 17.9 Å². The zero-order chi connectivity index (χ0) is 18.0. The molecule has 0 aliphatic heterocycles. The van der Waals surface area contributed by atoms with Crippen molar-refractivity contribution < 1.29 is 17.5 Å². The van der Waals surface area contributed by atoms with Crippen LogP contribution in [0.25, 0.3) is 16.9 Å². The molecule has 3 aromatic rings. The minimum atomic E-state index is -3.25. The van der Waals surface area contributed by atoms with Crippen LogP contribution < -0.4 is 4.74 Å². The molecule has 0 saturated carbocycles. The Morgan fingerprint density at radius 3 is 2.48 bits per heavy atom. The summed E-state index contributed by atoms with van der Waals surface area (Å²) in [6.45, 7) is 2.18. The standard InChI is InChI=1S/C18H17FN2O3S/c1-3-24-18-9-4-13(10-16(18)19)17-11-20-12-21(17)14-5-7-15(8-6-14)25(2,22)23/h4-12H,3H2,1-2H3. The van der Waals surface area contributed by atoms with Gasteiger partial charge in [-0.2, -0.15) is 0 Å². The molecule has 5 nitrogen and oxygen atoms in total. The number of sulfone groups is 1. The molecular formula is C18H17FN2O3S. The van der Waals surface area contributed by atoms with Crippen molar-refractivity contribution in [2.24, 2.45) is 0 Å². The molecule has 3 rings (SSSR count). The van der Waals surface area contributed by atoms with Crippen LogP contribution in [0.15, 0.2) is 59.9 Å². The first kappa shape index (κ1) is 17.2. The highest BCUT2D eigenvalue weighted by molar-refractivity contribution is 7.90. The molecule has 25 heavy (non-hydrogen) atoms. The first-order valence-corrected chi connectivity index (χ1v) is 9.55. The molecular weight excluding hydrogens is 343 g/mol. The fraction of sp³-hybridized carbons (Fsp3) is 0.167. The summed E-state index contributed by atoms with van der Waals surface area (Å²) in [5.41, 5.74) is 2.06. The van der Waals surface area contributed by atoms with E-state index in [-0.39, 0.29) is 10.6 Å². The number of aromatic nitrogens is 2. The van der Waals surface area contributed by atoms with E-state index in [1.165, 1.54) is 18.2 Å². The Morgan fingerprint density at radius 2 is 1.88 bits per heavy atom. The summed E-state index contributed by atoms with van der Waals surface area (Å²) in [5.74, 6) is -0.241. The van der Waals surface area contributed by atoms with Crippen LogP contribution in [0.1, 0.15) is 6.92 Å². The largest absolute Gasteiger partial charge is 0.491 e. The van der Waals surface area contributed by atoms with Crippen molar-refractivity contribution in [3.8, 4) is 22.7 Å². The summed E-state index contributed by atoms with van der Waals surface area (Å²) in [6.07, 6.45) is 4.38. The van der Waals surface area contributed by atoms with Crippen LogP contribution in [0, 0.1) is 5.82 Å². The Bertz CT molecular complexity index is 995. The van der Waals surface area contributed by atoms with Gasteiger partial charge < -0.3 is 4.74 Å². The van der Waals surface area contributed by atoms with Crippen molar-refractivity contribution in [3.05, 3.63) is 60.8 Å². The van der Waals surface area contributed by atoms with Gasteiger partial charge in [0.2, 0.25) is 0 Å². The van der Waals surface area contributed by atoms with Crippen LogP contribution in [-0.4, -0.2) is 30.8 Å². The average molecular weight is 360 g/mol. The molecule has 0 fully saturated rings. The molecule has 0 unspecified atom stereocenters. The smallest absolute Gasteiger partial charge is 0.175 e. The first-order valence-electron chi connectivity index (χ1n) is 7.65. The molecule has 0 atom stereocenters. The zero-order valence-electron chi connectivity index (χ0n) is 13.8. The Hall–Kier alpha value is -2.67. The average Bonchev–Trinajstić information content (AvgIpc) is 3.06. The van der Waals surface area contributed by atoms with Gasteiger partial charge in [0.05, 0.1) is 29.7 Å². The van der Waals surface area contributed by atoms with Gasteiger partial charge in [-0.1, -0.05) is 0 Å². The maximum atomic E-state index is 14.1. The van der Waals surface area contributed by atoms with Crippen LogP contribution in [0.3, 0.4) is 0 Å². The predicted molar refractivity (Wildman–Crippen MR) is 93.2 cm³/mol. The second-order valence-electron chi connectivity index (χ2n) is 5.49. The number of imidazole rings is 1. The molecule has 0 radical (unpaired) electrons. The molecule has 0 amide bonds. The lowest BCUT2D eigenvalue weighted by Gasteiger charge is -2.10. The Morgan fingerprint density at radius 1 is 1.16 bits per heavy atom. The third-order valence-corrected chi connectivity index (χ3v) is 4.84. The number of nitrogens with zero attached hydrogens (tertiary/aromatic N) is 2. The van der Waals surface area contributed by atoms with Gasteiger partial charge in [0.15, 0.2) is 21.4 Å². The Balaban J connectivity index is 2.00. The van der Waals surface area contributed by atoms with E-state index >= 15 is 0 Å². The van der Waals surface area contributed by atoms with E-state index in [4.69, 9.17) is 4.74 Å². The molecule has 0 aliphatic carbocycles. The molecule has 0 saturated heterocycles. The minimum Gasteiger partial charge on any atom is -0.491 e. The highest BCUT2D eigenvalue weighted by Gasteiger charge is 2.12. The number of halogens is 1. The maximum absolute atomic E-state index is 14.1. The Labute approximate surface area is 145 Å². The van der Waals surface area contributed by atoms with Crippen molar-refractivity contribution in [2.75, 3.05) is 12.9 Å². The fourth-order valence-corrected chi connectivity index (χ4v) is 3.13. The highest BCUT2D eigenvalue weighted by Crippen LogP contribution is 2.27. The monoisotopic (exact) mass is 360 g/mol. The fourth-order valence-electron chi connectivity index (χ4n) is 2.50. The van der Waals surface area contributed by atoms with Gasteiger partial charge in [0.25, 0.3) is 0 Å². The van der Waals surface area contributed by atoms with Gasteiger partial charge in [-0.15, -0.1) is 0 Å². The van der Waals surface area contributed by atoms with Gasteiger partial charge in [-0.3, -0.25) is 4.57 Å². The number of benzene rings is 2. The van der Waals surface area contributed by atoms with Crippen molar-refractivity contribution in [2.45, 2.75) is 11.8 Å². The lowest BCUT2D eigenvalue weighted by molar-refractivity contribution is 0.321. The normalized spacial score (nSPS) is 11.5. The molecule has 0 N–H and O–H groups in total. The van der Waals surface area contributed by atoms with Crippen molar-refractivity contribution in [1.29, 1.82) is 0 Å². The molecule has 1 aromatic heterocycles. The first-order chi connectivity index (χ1) is 11.9. The van der Waals surface area contributed by atoms with Gasteiger partial charge in [-0.05, 0) is 49.4 Å². The molecule has 7 heteroatoms. The van der Waals surface area contributed by atoms with Crippen molar-refractivity contribution >= 4 is 9.84 Å². The summed E-state index contributed by atoms with van der Waals surface area (Å²) in [4.78, 5) is 4.37. The van der Waals surface area contributed by atoms with E-state index < -0.39 is 15.7 Å². The summed E-state index contributed by atoms with van der Waals surface area (Å²) in [7, 11) is -3.25. The van der Waals surface area contributed by atoms with E-state index in [1.807, 2.05) is 0 Å². The van der Waals surface area contributed by atoms with Crippen LogP contribution in [-0.2, 0) is 9.84 Å². The molecule has 1 heterocycles. The quantitative estimate of drug-likeness (QED) is 0.699. The van der Waals surface area contributed by atoms with E-state index in [9.17, 15) is 12.8 Å². The van der Waals surface area contributed by atoms with E-state index in [0.717, 1.165) is 11.9 Å². The molecule has 2 aromatic carbocycles. The lowest BCUT2D eigenvalue weighted by atomic mass is 10.1. The van der Waals surface area contributed by atoms with Gasteiger partial charge in [0.1, 0.15) is 0 Å². The van der Waals surface area contributed by atoms with Gasteiger partial charge in [-0.25, -0.2) is 17.8 Å². The summed E-state index contributed by atoms with van der Waals surface area (Å²) < 4.78 is 44.2. The van der Waals surface area contributed by atoms with Crippen LogP contribution >= 0.6 is 0 Å². The SMILES string of the molecule is CCOc1ccc(-c2cncn2-c2ccc(S(C)(=O)=O)cc2)cc1F. The molecule has 130 valence electrons. The predicted octanol–water partition coefficient (Wildman–Crippen LogP) is 3.48. The van der Waals surface area contributed by atoms with E-state index in [1.54, 1.807) is 48.3 Å². The third-order valence-electron chi connectivity index (χ3n) is 3.71. The van der Waals surface area contributed by atoms with Crippen molar-refractivity contribution in [1.82, 2.24) is 9.55 Å². The Kier molecular flexibility index (Phi) is 4.59. The number of ether oxygens (including phenoxy) is 1. The topological polar surface area (TPSA) is 61.2 Å². The van der Waals surface area contributed by atoms with Crippen LogP contribution in [0.5, 0.6) is 5.75 Å². The summed E-state index contributed by atoms with van der Waals surface area (Å²) in [6, 6.07) is 11.2. The van der Waals surface area contributed by atoms with Crippen LogP contribution in [0.2, 0.25) is 0 Å². The second kappa shape index (κ2) is 6.68. The maximum Gasteiger partial charge on any atom is 0.175 e. The molecule has 0 spiro atoms. The molecule has 0 bridgehead atoms. The lowest BCUT2D eigenvalue weighted by Crippen LogP contribution is -2.00. The van der Waals surface area contributed by atoms with Crippen molar-refractivity contribution in [3.63, 3.8) is 0 Å².